The summed E-state index contributed by atoms with van der Waals surface area (Å²) in [4.78, 5) is 14.9. The molecule has 0 spiro atoms. The number of carbonyl (C=O) groups excluding carboxylic acids is 1. The molecule has 144 valence electrons. The third-order valence-electron chi connectivity index (χ3n) is 5.06. The van der Waals surface area contributed by atoms with Crippen LogP contribution >= 0.6 is 0 Å². The van der Waals surface area contributed by atoms with Gasteiger partial charge in [0.2, 0.25) is 5.91 Å². The highest BCUT2D eigenvalue weighted by molar-refractivity contribution is 5.94. The second kappa shape index (κ2) is 9.53. The van der Waals surface area contributed by atoms with E-state index < -0.39 is 0 Å². The van der Waals surface area contributed by atoms with Crippen molar-refractivity contribution in [3.05, 3.63) is 54.6 Å². The average molecular weight is 367 g/mol. The SMILES string of the molecule is CCN1CCC[C@@H]1CN[C@H](C)C(=O)Nc1ccc(Oc2ccccc2)cc1. The molecule has 1 saturated heterocycles. The van der Waals surface area contributed by atoms with E-state index in [-0.39, 0.29) is 11.9 Å². The Labute approximate surface area is 161 Å². The summed E-state index contributed by atoms with van der Waals surface area (Å²) in [6, 6.07) is 17.4. The number of carbonyl (C=O) groups is 1. The molecule has 5 nitrogen and oxygen atoms in total. The summed E-state index contributed by atoms with van der Waals surface area (Å²) in [6.07, 6.45) is 2.45. The van der Waals surface area contributed by atoms with Crippen LogP contribution in [-0.2, 0) is 4.79 Å². The van der Waals surface area contributed by atoms with E-state index in [9.17, 15) is 4.79 Å². The number of para-hydroxylation sites is 1. The van der Waals surface area contributed by atoms with Crippen LogP contribution in [-0.4, -0.2) is 42.5 Å². The first-order valence-corrected chi connectivity index (χ1v) is 9.77. The monoisotopic (exact) mass is 367 g/mol. The van der Waals surface area contributed by atoms with Crippen LogP contribution in [0.25, 0.3) is 0 Å². The van der Waals surface area contributed by atoms with Crippen molar-refractivity contribution in [3.63, 3.8) is 0 Å². The maximum atomic E-state index is 12.4. The van der Waals surface area contributed by atoms with E-state index in [1.807, 2.05) is 61.5 Å². The molecule has 1 aliphatic rings. The van der Waals surface area contributed by atoms with Crippen molar-refractivity contribution in [1.82, 2.24) is 10.2 Å². The Kier molecular flexibility index (Phi) is 6.85. The smallest absolute Gasteiger partial charge is 0.241 e. The van der Waals surface area contributed by atoms with Gasteiger partial charge in [-0.2, -0.15) is 0 Å². The van der Waals surface area contributed by atoms with Crippen LogP contribution < -0.4 is 15.4 Å². The van der Waals surface area contributed by atoms with Gasteiger partial charge in [-0.1, -0.05) is 25.1 Å². The molecule has 1 fully saturated rings. The van der Waals surface area contributed by atoms with Crippen LogP contribution in [0.15, 0.2) is 54.6 Å². The molecule has 1 amide bonds. The van der Waals surface area contributed by atoms with Gasteiger partial charge in [0.1, 0.15) is 11.5 Å². The second-order valence-corrected chi connectivity index (χ2v) is 6.98. The molecule has 5 heteroatoms. The van der Waals surface area contributed by atoms with E-state index in [0.29, 0.717) is 6.04 Å². The maximum absolute atomic E-state index is 12.4. The largest absolute Gasteiger partial charge is 0.457 e. The number of likely N-dealkylation sites (tertiary alicyclic amines) is 1. The Hall–Kier alpha value is -2.37. The second-order valence-electron chi connectivity index (χ2n) is 6.98. The topological polar surface area (TPSA) is 53.6 Å². The highest BCUT2D eigenvalue weighted by atomic mass is 16.5. The van der Waals surface area contributed by atoms with Gasteiger partial charge in [0, 0.05) is 18.3 Å². The van der Waals surface area contributed by atoms with Crippen LogP contribution in [0, 0.1) is 0 Å². The van der Waals surface area contributed by atoms with Crippen LogP contribution in [0.2, 0.25) is 0 Å². The third-order valence-corrected chi connectivity index (χ3v) is 5.06. The lowest BCUT2D eigenvalue weighted by Crippen LogP contribution is -2.45. The number of rotatable bonds is 8. The number of benzene rings is 2. The van der Waals surface area contributed by atoms with Crippen molar-refractivity contribution < 1.29 is 9.53 Å². The molecule has 1 heterocycles. The molecule has 0 aliphatic carbocycles. The van der Waals surface area contributed by atoms with Gasteiger partial charge in [0.15, 0.2) is 0 Å². The fourth-order valence-corrected chi connectivity index (χ4v) is 3.43. The summed E-state index contributed by atoms with van der Waals surface area (Å²) in [7, 11) is 0. The van der Waals surface area contributed by atoms with E-state index in [0.717, 1.165) is 30.3 Å². The van der Waals surface area contributed by atoms with Crippen LogP contribution in [0.5, 0.6) is 11.5 Å². The zero-order chi connectivity index (χ0) is 19.1. The number of likely N-dealkylation sites (N-methyl/N-ethyl adjacent to an activating group) is 1. The minimum atomic E-state index is -0.232. The molecule has 2 N–H and O–H groups in total. The maximum Gasteiger partial charge on any atom is 0.241 e. The Balaban J connectivity index is 1.47. The van der Waals surface area contributed by atoms with Gasteiger partial charge < -0.3 is 15.4 Å². The fourth-order valence-electron chi connectivity index (χ4n) is 3.43. The summed E-state index contributed by atoms with van der Waals surface area (Å²) in [5.41, 5.74) is 0.769. The van der Waals surface area contributed by atoms with Crippen molar-refractivity contribution in [2.75, 3.05) is 25.0 Å². The number of hydrogen-bond acceptors (Lipinski definition) is 4. The van der Waals surface area contributed by atoms with E-state index in [1.54, 1.807) is 0 Å². The molecule has 0 radical (unpaired) electrons. The lowest BCUT2D eigenvalue weighted by atomic mass is 10.2. The van der Waals surface area contributed by atoms with E-state index in [1.165, 1.54) is 19.4 Å². The Morgan fingerprint density at radius 2 is 1.85 bits per heavy atom. The van der Waals surface area contributed by atoms with Gasteiger partial charge in [-0.15, -0.1) is 0 Å². The lowest BCUT2D eigenvalue weighted by molar-refractivity contribution is -0.117. The number of hydrogen-bond donors (Lipinski definition) is 2. The predicted molar refractivity (Wildman–Crippen MR) is 109 cm³/mol. The van der Waals surface area contributed by atoms with E-state index in [2.05, 4.69) is 22.5 Å². The van der Waals surface area contributed by atoms with Gasteiger partial charge in [-0.05, 0) is 69.3 Å². The first kappa shape index (κ1) is 19.4. The van der Waals surface area contributed by atoms with E-state index in [4.69, 9.17) is 4.74 Å². The van der Waals surface area contributed by atoms with Crippen molar-refractivity contribution >= 4 is 11.6 Å². The zero-order valence-corrected chi connectivity index (χ0v) is 16.2. The number of ether oxygens (including phenoxy) is 1. The first-order valence-electron chi connectivity index (χ1n) is 9.77. The molecule has 3 rings (SSSR count). The summed E-state index contributed by atoms with van der Waals surface area (Å²) >= 11 is 0. The summed E-state index contributed by atoms with van der Waals surface area (Å²) in [5, 5.41) is 6.34. The van der Waals surface area contributed by atoms with Crippen LogP contribution in [0.3, 0.4) is 0 Å². The van der Waals surface area contributed by atoms with Gasteiger partial charge in [0.25, 0.3) is 0 Å². The quantitative estimate of drug-likeness (QED) is 0.743. The van der Waals surface area contributed by atoms with Crippen LogP contribution in [0.4, 0.5) is 5.69 Å². The molecular formula is C22H29N3O2. The predicted octanol–water partition coefficient (Wildman–Crippen LogP) is 3.88. The normalized spacial score (nSPS) is 18.2. The third kappa shape index (κ3) is 5.55. The Morgan fingerprint density at radius 1 is 1.15 bits per heavy atom. The number of nitrogens with zero attached hydrogens (tertiary/aromatic N) is 1. The average Bonchev–Trinajstić information content (AvgIpc) is 3.16. The molecule has 2 aromatic carbocycles. The highest BCUT2D eigenvalue weighted by Gasteiger charge is 2.24. The van der Waals surface area contributed by atoms with Crippen molar-refractivity contribution in [2.45, 2.75) is 38.8 Å². The van der Waals surface area contributed by atoms with Gasteiger partial charge >= 0.3 is 0 Å². The molecule has 27 heavy (non-hydrogen) atoms. The molecule has 0 bridgehead atoms. The minimum Gasteiger partial charge on any atom is -0.457 e. The van der Waals surface area contributed by atoms with Gasteiger partial charge in [0.05, 0.1) is 6.04 Å². The Bertz CT molecular complexity index is 718. The zero-order valence-electron chi connectivity index (χ0n) is 16.2. The van der Waals surface area contributed by atoms with Gasteiger partial charge in [-0.25, -0.2) is 0 Å². The van der Waals surface area contributed by atoms with Crippen molar-refractivity contribution in [1.29, 1.82) is 0 Å². The fraction of sp³-hybridized carbons (Fsp3) is 0.409. The summed E-state index contributed by atoms with van der Waals surface area (Å²) < 4.78 is 5.77. The molecule has 0 aromatic heterocycles. The highest BCUT2D eigenvalue weighted by Crippen LogP contribution is 2.22. The summed E-state index contributed by atoms with van der Waals surface area (Å²) in [6.45, 7) is 7.20. The number of nitrogens with one attached hydrogen (secondary N) is 2. The minimum absolute atomic E-state index is 0.0206. The molecular weight excluding hydrogens is 338 g/mol. The standard InChI is InChI=1S/C22H29N3O2/c1-3-25-15-7-8-19(25)16-23-17(2)22(26)24-18-11-13-21(14-12-18)27-20-9-5-4-6-10-20/h4-6,9-14,17,19,23H,3,7-8,15-16H2,1-2H3,(H,24,26)/t17-,19-/m1/s1. The molecule has 0 saturated carbocycles. The van der Waals surface area contributed by atoms with Crippen LogP contribution in [0.1, 0.15) is 26.7 Å². The number of amides is 1. The first-order chi connectivity index (χ1) is 13.2. The molecule has 0 unspecified atom stereocenters. The van der Waals surface area contributed by atoms with E-state index >= 15 is 0 Å². The lowest BCUT2D eigenvalue weighted by Gasteiger charge is -2.24. The molecule has 1 aliphatic heterocycles. The Morgan fingerprint density at radius 3 is 2.56 bits per heavy atom. The van der Waals surface area contributed by atoms with Crippen molar-refractivity contribution in [3.8, 4) is 11.5 Å². The van der Waals surface area contributed by atoms with Crippen molar-refractivity contribution in [2.24, 2.45) is 0 Å². The molecule has 2 atom stereocenters. The molecule has 2 aromatic rings. The summed E-state index contributed by atoms with van der Waals surface area (Å²) in [5.74, 6) is 1.51. The van der Waals surface area contributed by atoms with Gasteiger partial charge in [-0.3, -0.25) is 9.69 Å². The number of anilines is 1.